The fraction of sp³-hybridized carbons (Fsp3) is 0.707. The van der Waals surface area contributed by atoms with Crippen LogP contribution in [0.15, 0.2) is 18.2 Å². The van der Waals surface area contributed by atoms with Crippen LogP contribution in [0, 0.1) is 23.7 Å². The van der Waals surface area contributed by atoms with Crippen molar-refractivity contribution in [2.45, 2.75) is 130 Å². The molecule has 3 rings (SSSR count). The van der Waals surface area contributed by atoms with Crippen molar-refractivity contribution in [1.29, 1.82) is 0 Å². The first-order valence-electron chi connectivity index (χ1n) is 19.9. The van der Waals surface area contributed by atoms with Crippen molar-refractivity contribution >= 4 is 58.7 Å². The Morgan fingerprint density at radius 2 is 1.39 bits per heavy atom. The predicted molar refractivity (Wildman–Crippen MR) is 218 cm³/mol. The zero-order valence-corrected chi connectivity index (χ0v) is 36.6. The van der Waals surface area contributed by atoms with E-state index in [0.717, 1.165) is 0 Å². The number of likely N-dealkylation sites (tertiary alicyclic amines) is 2. The summed E-state index contributed by atoms with van der Waals surface area (Å²) >= 11 is 12.2. The summed E-state index contributed by atoms with van der Waals surface area (Å²) in [5, 5.41) is 6.70. The number of carbonyl (C=O) groups excluding carboxylic acids is 6. The van der Waals surface area contributed by atoms with E-state index in [1.165, 1.54) is 9.80 Å². The van der Waals surface area contributed by atoms with Gasteiger partial charge in [0.1, 0.15) is 30.3 Å². The summed E-state index contributed by atoms with van der Waals surface area (Å²) in [4.78, 5) is 89.0. The fourth-order valence-electron chi connectivity index (χ4n) is 7.82. The highest BCUT2D eigenvalue weighted by Gasteiger charge is 2.46. The Morgan fingerprint density at radius 1 is 0.804 bits per heavy atom. The highest BCUT2D eigenvalue weighted by atomic mass is 35.5. The number of hydrogen-bond acceptors (Lipinski definition) is 8. The number of benzene rings is 1. The molecule has 2 heterocycles. The largest absolute Gasteiger partial charge is 0.460 e. The average Bonchev–Trinajstić information content (AvgIpc) is 3.80. The molecule has 13 nitrogen and oxygen atoms in total. The predicted octanol–water partition coefficient (Wildman–Crippen LogP) is 4.76. The average molecular weight is 824 g/mol. The summed E-state index contributed by atoms with van der Waals surface area (Å²) in [7, 11) is 5.22. The Labute approximate surface area is 343 Å². The van der Waals surface area contributed by atoms with Gasteiger partial charge in [0.05, 0.1) is 12.5 Å². The molecule has 1 unspecified atom stereocenters. The Kier molecular flexibility index (Phi) is 17.5. The monoisotopic (exact) mass is 822 g/mol. The van der Waals surface area contributed by atoms with Gasteiger partial charge in [-0.05, 0) is 81.1 Å². The Hall–Kier alpha value is -3.42. The highest BCUT2D eigenvalue weighted by molar-refractivity contribution is 6.35. The smallest absolute Gasteiger partial charge is 0.329 e. The van der Waals surface area contributed by atoms with Gasteiger partial charge in [-0.3, -0.25) is 28.9 Å². The number of carbonyl (C=O) groups is 6. The summed E-state index contributed by atoms with van der Waals surface area (Å²) in [5.74, 6) is -2.95. The number of nitrogens with one attached hydrogen (secondary N) is 2. The van der Waals surface area contributed by atoms with Gasteiger partial charge in [0, 0.05) is 36.7 Å². The Bertz CT molecular complexity index is 1560. The maximum absolute atomic E-state index is 14.4. The van der Waals surface area contributed by atoms with Crippen molar-refractivity contribution in [2.24, 2.45) is 23.7 Å². The maximum Gasteiger partial charge on any atom is 0.329 e. The first kappa shape index (κ1) is 47.0. The van der Waals surface area contributed by atoms with Gasteiger partial charge in [-0.25, -0.2) is 4.79 Å². The summed E-state index contributed by atoms with van der Waals surface area (Å²) in [6, 6.07) is 1.16. The zero-order chi connectivity index (χ0) is 42.2. The van der Waals surface area contributed by atoms with Crippen molar-refractivity contribution < 1.29 is 33.5 Å². The second-order valence-electron chi connectivity index (χ2n) is 16.8. The van der Waals surface area contributed by atoms with Crippen molar-refractivity contribution in [3.8, 4) is 0 Å². The second kappa shape index (κ2) is 20.8. The van der Waals surface area contributed by atoms with E-state index < -0.39 is 42.3 Å². The molecular weight excluding hydrogens is 759 g/mol. The lowest BCUT2D eigenvalue weighted by molar-refractivity contribution is -0.162. The number of rotatable bonds is 17. The number of esters is 1. The topological polar surface area (TPSA) is 149 Å². The molecule has 2 aliphatic rings. The molecule has 0 spiro atoms. The van der Waals surface area contributed by atoms with Crippen LogP contribution in [0.3, 0.4) is 0 Å². The van der Waals surface area contributed by atoms with Crippen LogP contribution in [0.1, 0.15) is 93.1 Å². The standard InChI is InChI=1S/C41H64Cl2N6O7/c1-23(2)32(21-33(50)44-22-27-16-17-28(42)20-29(27)43)56-41(55)31-15-13-19-49(31)38(52)30-14-12-18-48(30)40(54)36(26(7)8)47(11)39(53)34(24(3)4)45-37(51)35(25(5)6)46(9)10/h16-17,20,23-26,30-32,34-36H,12-15,18-19,21-22H2,1-11H3,(H,44,50)(H,45,51)/t30-,31-,32?,34-,35-,36-/m0/s1. The van der Waals surface area contributed by atoms with E-state index in [9.17, 15) is 28.8 Å². The van der Waals surface area contributed by atoms with Crippen molar-refractivity contribution in [3.05, 3.63) is 33.8 Å². The van der Waals surface area contributed by atoms with Crippen LogP contribution in [-0.2, 0) is 40.0 Å². The minimum absolute atomic E-state index is 0.00671. The molecule has 314 valence electrons. The molecule has 56 heavy (non-hydrogen) atoms. The van der Waals surface area contributed by atoms with E-state index in [1.807, 2.05) is 74.4 Å². The molecule has 5 amide bonds. The van der Waals surface area contributed by atoms with Gasteiger partial charge in [0.2, 0.25) is 29.5 Å². The van der Waals surface area contributed by atoms with Crippen LogP contribution in [0.5, 0.6) is 0 Å². The van der Waals surface area contributed by atoms with Gasteiger partial charge in [-0.15, -0.1) is 0 Å². The highest BCUT2D eigenvalue weighted by Crippen LogP contribution is 2.29. The lowest BCUT2D eigenvalue weighted by Crippen LogP contribution is -2.61. The van der Waals surface area contributed by atoms with Crippen LogP contribution in [0.25, 0.3) is 0 Å². The molecule has 2 fully saturated rings. The van der Waals surface area contributed by atoms with E-state index in [4.69, 9.17) is 27.9 Å². The second-order valence-corrected chi connectivity index (χ2v) is 17.7. The molecule has 0 radical (unpaired) electrons. The normalized spacial score (nSPS) is 19.4. The number of nitrogens with zero attached hydrogens (tertiary/aromatic N) is 4. The van der Waals surface area contributed by atoms with Crippen LogP contribution >= 0.6 is 23.2 Å². The van der Waals surface area contributed by atoms with Crippen LogP contribution in [0.4, 0.5) is 0 Å². The molecule has 2 aliphatic heterocycles. The molecule has 2 saturated heterocycles. The summed E-state index contributed by atoms with van der Waals surface area (Å²) in [5.41, 5.74) is 0.698. The summed E-state index contributed by atoms with van der Waals surface area (Å²) < 4.78 is 5.92. The molecule has 0 aliphatic carbocycles. The Morgan fingerprint density at radius 3 is 1.93 bits per heavy atom. The number of amides is 5. The van der Waals surface area contributed by atoms with E-state index >= 15 is 0 Å². The van der Waals surface area contributed by atoms with E-state index in [-0.39, 0.29) is 66.2 Å². The summed E-state index contributed by atoms with van der Waals surface area (Å²) in [6.07, 6.45) is 1.19. The number of ether oxygens (including phenoxy) is 1. The third-order valence-electron chi connectivity index (χ3n) is 10.9. The Balaban J connectivity index is 1.72. The quantitative estimate of drug-likeness (QED) is 0.214. The van der Waals surface area contributed by atoms with Gasteiger partial charge in [-0.1, -0.05) is 84.7 Å². The number of halogens is 2. The summed E-state index contributed by atoms with van der Waals surface area (Å²) in [6.45, 7) is 15.9. The van der Waals surface area contributed by atoms with Crippen molar-refractivity contribution in [3.63, 3.8) is 0 Å². The van der Waals surface area contributed by atoms with Crippen molar-refractivity contribution in [2.75, 3.05) is 34.2 Å². The van der Waals surface area contributed by atoms with Gasteiger partial charge in [0.25, 0.3) is 0 Å². The fourth-order valence-corrected chi connectivity index (χ4v) is 8.29. The molecule has 6 atom stereocenters. The SMILES string of the molecule is CC(C)C(CC(=O)NCc1ccc(Cl)cc1Cl)OC(=O)[C@@H]1CCCN1C(=O)[C@@H]1CCCN1C(=O)[C@H](C(C)C)N(C)C(=O)[C@@H](NC(=O)[C@H](C(C)C)N(C)C)C(C)C. The molecule has 1 aromatic rings. The van der Waals surface area contributed by atoms with Crippen LogP contribution in [0.2, 0.25) is 10.0 Å². The molecule has 15 heteroatoms. The molecule has 0 aromatic heterocycles. The molecule has 1 aromatic carbocycles. The van der Waals surface area contributed by atoms with Crippen LogP contribution < -0.4 is 10.6 Å². The third-order valence-corrected chi connectivity index (χ3v) is 11.4. The van der Waals surface area contributed by atoms with Gasteiger partial charge < -0.3 is 30.1 Å². The lowest BCUT2D eigenvalue weighted by atomic mass is 9.96. The van der Waals surface area contributed by atoms with Gasteiger partial charge >= 0.3 is 5.97 Å². The molecule has 0 saturated carbocycles. The first-order chi connectivity index (χ1) is 26.2. The molecule has 2 N–H and O–H groups in total. The maximum atomic E-state index is 14.4. The number of hydrogen-bond donors (Lipinski definition) is 2. The minimum Gasteiger partial charge on any atom is -0.460 e. The number of likely N-dealkylation sites (N-methyl/N-ethyl adjacent to an activating group) is 2. The van der Waals surface area contributed by atoms with E-state index in [1.54, 1.807) is 30.1 Å². The van der Waals surface area contributed by atoms with Crippen molar-refractivity contribution in [1.82, 2.24) is 30.2 Å². The molecule has 0 bridgehead atoms. The molecular formula is C41H64Cl2N6O7. The third kappa shape index (κ3) is 11.8. The van der Waals surface area contributed by atoms with Crippen LogP contribution in [-0.4, -0.2) is 126 Å². The zero-order valence-electron chi connectivity index (χ0n) is 35.1. The van der Waals surface area contributed by atoms with E-state index in [2.05, 4.69) is 10.6 Å². The van der Waals surface area contributed by atoms with E-state index in [0.29, 0.717) is 54.4 Å². The van der Waals surface area contributed by atoms with Gasteiger partial charge in [-0.2, -0.15) is 0 Å². The van der Waals surface area contributed by atoms with Gasteiger partial charge in [0.15, 0.2) is 0 Å². The lowest BCUT2D eigenvalue weighted by Gasteiger charge is -2.38. The first-order valence-corrected chi connectivity index (χ1v) is 20.7. The minimum atomic E-state index is -0.892.